The minimum Gasteiger partial charge on any atom is -0.468 e. The molecule has 0 aromatic carbocycles. The highest BCUT2D eigenvalue weighted by atomic mass is 16.5. The Labute approximate surface area is 116 Å². The molecule has 5 heteroatoms. The molecule has 2 aliphatic heterocycles. The Morgan fingerprint density at radius 3 is 2.84 bits per heavy atom. The van der Waals surface area contributed by atoms with Crippen LogP contribution in [0.4, 0.5) is 0 Å². The lowest BCUT2D eigenvalue weighted by molar-refractivity contribution is -0.149. The van der Waals surface area contributed by atoms with E-state index in [2.05, 4.69) is 15.1 Å². The summed E-state index contributed by atoms with van der Waals surface area (Å²) in [5, 5.41) is 3.12. The molecule has 0 aromatic rings. The number of carbonyl (C=O) groups is 1. The largest absolute Gasteiger partial charge is 0.468 e. The highest BCUT2D eigenvalue weighted by Gasteiger charge is 2.37. The summed E-state index contributed by atoms with van der Waals surface area (Å²) in [6.07, 6.45) is 3.98. The third-order valence-corrected chi connectivity index (χ3v) is 4.65. The lowest BCUT2D eigenvalue weighted by Gasteiger charge is -2.45. The van der Waals surface area contributed by atoms with Crippen LogP contribution in [0.5, 0.6) is 0 Å². The Morgan fingerprint density at radius 2 is 2.16 bits per heavy atom. The smallest absolute Gasteiger partial charge is 0.327 e. The van der Waals surface area contributed by atoms with Crippen molar-refractivity contribution in [2.45, 2.75) is 37.8 Å². The summed E-state index contributed by atoms with van der Waals surface area (Å²) in [6, 6.07) is 0.682. The van der Waals surface area contributed by atoms with Gasteiger partial charge in [-0.1, -0.05) is 6.42 Å². The van der Waals surface area contributed by atoms with Gasteiger partial charge in [0.2, 0.25) is 0 Å². The van der Waals surface area contributed by atoms with Crippen molar-refractivity contribution in [2.24, 2.45) is 0 Å². The maximum atomic E-state index is 11.9. The van der Waals surface area contributed by atoms with E-state index in [-0.39, 0.29) is 5.97 Å². The Balaban J connectivity index is 1.93. The maximum absolute atomic E-state index is 11.9. The van der Waals surface area contributed by atoms with Gasteiger partial charge in [0, 0.05) is 32.2 Å². The van der Waals surface area contributed by atoms with Gasteiger partial charge in [0.25, 0.3) is 0 Å². The van der Waals surface area contributed by atoms with Crippen LogP contribution in [0.25, 0.3) is 0 Å². The summed E-state index contributed by atoms with van der Waals surface area (Å²) < 4.78 is 4.92. The highest BCUT2D eigenvalue weighted by molar-refractivity contribution is 5.80. The fraction of sp³-hybridized carbons (Fsp3) is 0.929. The van der Waals surface area contributed by atoms with Crippen molar-refractivity contribution in [1.29, 1.82) is 0 Å². The number of carbonyl (C=O) groups excluding carboxylic acids is 1. The van der Waals surface area contributed by atoms with E-state index in [9.17, 15) is 4.79 Å². The van der Waals surface area contributed by atoms with Crippen molar-refractivity contribution in [1.82, 2.24) is 15.1 Å². The van der Waals surface area contributed by atoms with Crippen LogP contribution in [0, 0.1) is 0 Å². The van der Waals surface area contributed by atoms with Crippen molar-refractivity contribution < 1.29 is 9.53 Å². The molecule has 19 heavy (non-hydrogen) atoms. The zero-order valence-electron chi connectivity index (χ0n) is 12.4. The lowest BCUT2D eigenvalue weighted by atomic mass is 9.97. The van der Waals surface area contributed by atoms with Gasteiger partial charge in [0.15, 0.2) is 0 Å². The summed E-state index contributed by atoms with van der Waals surface area (Å²) in [5.41, 5.74) is -0.606. The Hall–Kier alpha value is -0.650. The van der Waals surface area contributed by atoms with Gasteiger partial charge >= 0.3 is 5.97 Å². The Bertz CT molecular complexity index is 324. The van der Waals surface area contributed by atoms with Gasteiger partial charge in [0.1, 0.15) is 5.54 Å². The molecule has 2 heterocycles. The molecule has 1 N–H and O–H groups in total. The molecule has 2 rings (SSSR count). The predicted molar refractivity (Wildman–Crippen MR) is 75.1 cm³/mol. The molecule has 2 atom stereocenters. The summed E-state index contributed by atoms with van der Waals surface area (Å²) in [6.45, 7) is 7.15. The van der Waals surface area contributed by atoms with E-state index in [0.29, 0.717) is 6.04 Å². The average molecular weight is 269 g/mol. The maximum Gasteiger partial charge on any atom is 0.327 e. The fourth-order valence-corrected chi connectivity index (χ4v) is 3.28. The van der Waals surface area contributed by atoms with Crippen molar-refractivity contribution in [3.8, 4) is 0 Å². The van der Waals surface area contributed by atoms with Crippen molar-refractivity contribution in [3.05, 3.63) is 0 Å². The van der Waals surface area contributed by atoms with Crippen LogP contribution >= 0.6 is 0 Å². The zero-order valence-corrected chi connectivity index (χ0v) is 12.4. The van der Waals surface area contributed by atoms with E-state index in [4.69, 9.17) is 4.74 Å². The zero-order chi connectivity index (χ0) is 13.9. The van der Waals surface area contributed by atoms with Gasteiger partial charge < -0.3 is 10.1 Å². The number of likely N-dealkylation sites (N-methyl/N-ethyl adjacent to an activating group) is 1. The SMILES string of the molecule is CNC(C)(CN1CCN2CCCCC2C1)C(=O)OC. The number of piperazine rings is 1. The van der Waals surface area contributed by atoms with E-state index in [1.54, 1.807) is 0 Å². The number of methoxy groups -OCH3 is 1. The molecule has 0 aliphatic carbocycles. The molecule has 2 unspecified atom stereocenters. The van der Waals surface area contributed by atoms with Gasteiger partial charge in [-0.25, -0.2) is 0 Å². The first-order valence-corrected chi connectivity index (χ1v) is 7.33. The molecule has 2 saturated heterocycles. The minimum absolute atomic E-state index is 0.180. The second kappa shape index (κ2) is 6.20. The third-order valence-electron chi connectivity index (χ3n) is 4.65. The molecule has 2 aliphatic rings. The molecule has 0 amide bonds. The van der Waals surface area contributed by atoms with E-state index >= 15 is 0 Å². The van der Waals surface area contributed by atoms with Crippen LogP contribution in [-0.2, 0) is 9.53 Å². The third kappa shape index (κ3) is 3.27. The van der Waals surface area contributed by atoms with Crippen LogP contribution in [0.3, 0.4) is 0 Å². The molecule has 5 nitrogen and oxygen atoms in total. The van der Waals surface area contributed by atoms with Gasteiger partial charge in [-0.2, -0.15) is 0 Å². The minimum atomic E-state index is -0.606. The summed E-state index contributed by atoms with van der Waals surface area (Å²) in [7, 11) is 3.28. The van der Waals surface area contributed by atoms with Gasteiger partial charge in [-0.05, 0) is 33.4 Å². The first kappa shape index (κ1) is 14.8. The van der Waals surface area contributed by atoms with Crippen LogP contribution in [0.15, 0.2) is 0 Å². The molecule has 110 valence electrons. The summed E-state index contributed by atoms with van der Waals surface area (Å²) in [4.78, 5) is 16.9. The molecule has 0 aromatic heterocycles. The quantitative estimate of drug-likeness (QED) is 0.744. The molecule has 0 spiro atoms. The molecular formula is C14H27N3O2. The van der Waals surface area contributed by atoms with Crippen LogP contribution in [0.2, 0.25) is 0 Å². The number of nitrogens with zero attached hydrogens (tertiary/aromatic N) is 2. The number of nitrogens with one attached hydrogen (secondary N) is 1. The Morgan fingerprint density at radius 1 is 1.37 bits per heavy atom. The second-order valence-corrected chi connectivity index (χ2v) is 5.99. The number of rotatable bonds is 4. The normalized spacial score (nSPS) is 28.5. The predicted octanol–water partition coefficient (Wildman–Crippen LogP) is 0.308. The first-order valence-electron chi connectivity index (χ1n) is 7.33. The number of ether oxygens (including phenoxy) is 1. The molecular weight excluding hydrogens is 242 g/mol. The topological polar surface area (TPSA) is 44.8 Å². The van der Waals surface area contributed by atoms with E-state index in [1.165, 1.54) is 32.9 Å². The average Bonchev–Trinajstić information content (AvgIpc) is 2.46. The number of hydrogen-bond donors (Lipinski definition) is 1. The fourth-order valence-electron chi connectivity index (χ4n) is 3.28. The molecule has 0 radical (unpaired) electrons. The van der Waals surface area contributed by atoms with Crippen LogP contribution in [-0.4, -0.2) is 74.2 Å². The van der Waals surface area contributed by atoms with Crippen molar-refractivity contribution >= 4 is 5.97 Å². The first-order chi connectivity index (χ1) is 9.09. The molecule has 0 saturated carbocycles. The number of esters is 1. The van der Waals surface area contributed by atoms with Crippen molar-refractivity contribution in [2.75, 3.05) is 46.9 Å². The standard InChI is InChI=1S/C14H27N3O2/c1-14(15-2,13(18)19-3)11-16-8-9-17-7-5-4-6-12(17)10-16/h12,15H,4-11H2,1-3H3. The van der Waals surface area contributed by atoms with E-state index in [1.807, 2.05) is 14.0 Å². The second-order valence-electron chi connectivity index (χ2n) is 5.99. The van der Waals surface area contributed by atoms with E-state index in [0.717, 1.165) is 26.2 Å². The van der Waals surface area contributed by atoms with Crippen molar-refractivity contribution in [3.63, 3.8) is 0 Å². The van der Waals surface area contributed by atoms with Crippen LogP contribution < -0.4 is 5.32 Å². The van der Waals surface area contributed by atoms with Gasteiger partial charge in [-0.3, -0.25) is 14.6 Å². The van der Waals surface area contributed by atoms with Crippen LogP contribution in [0.1, 0.15) is 26.2 Å². The number of piperidine rings is 1. The molecule has 2 fully saturated rings. The van der Waals surface area contributed by atoms with E-state index < -0.39 is 5.54 Å². The number of hydrogen-bond acceptors (Lipinski definition) is 5. The Kier molecular flexibility index (Phi) is 4.81. The highest BCUT2D eigenvalue weighted by Crippen LogP contribution is 2.22. The van der Waals surface area contributed by atoms with Gasteiger partial charge in [-0.15, -0.1) is 0 Å². The molecule has 0 bridgehead atoms. The monoisotopic (exact) mass is 269 g/mol. The van der Waals surface area contributed by atoms with Gasteiger partial charge in [0.05, 0.1) is 7.11 Å². The summed E-state index contributed by atoms with van der Waals surface area (Å²) in [5.74, 6) is -0.180. The summed E-state index contributed by atoms with van der Waals surface area (Å²) >= 11 is 0. The number of fused-ring (bicyclic) bond motifs is 1. The lowest BCUT2D eigenvalue weighted by Crippen LogP contribution is -2.61.